The van der Waals surface area contributed by atoms with E-state index in [1.807, 2.05) is 4.90 Å². The van der Waals surface area contributed by atoms with E-state index in [1.54, 1.807) is 36.4 Å². The van der Waals surface area contributed by atoms with Gasteiger partial charge in [0.25, 0.3) is 0 Å². The number of amides is 1. The molecule has 27 heavy (non-hydrogen) atoms. The molecule has 0 saturated carbocycles. The van der Waals surface area contributed by atoms with Crippen LogP contribution in [0, 0.1) is 5.82 Å². The number of halogens is 1. The molecule has 1 saturated heterocycles. The second-order valence-corrected chi connectivity index (χ2v) is 6.26. The van der Waals surface area contributed by atoms with Crippen LogP contribution in [0.15, 0.2) is 48.5 Å². The lowest BCUT2D eigenvalue weighted by Gasteiger charge is -2.32. The van der Waals surface area contributed by atoms with Crippen LogP contribution < -0.4 is 5.32 Å². The van der Waals surface area contributed by atoms with Crippen LogP contribution in [0.4, 0.5) is 10.1 Å². The SMILES string of the molecule is COC(=O)c1ccc(NC(=O)CN2CCOC(c3ccc(F)cc3)C2)cc1. The molecule has 3 rings (SSSR count). The van der Waals surface area contributed by atoms with Gasteiger partial charge in [-0.1, -0.05) is 12.1 Å². The van der Waals surface area contributed by atoms with Crippen molar-refractivity contribution >= 4 is 17.6 Å². The third-order valence-corrected chi connectivity index (χ3v) is 4.35. The quantitative estimate of drug-likeness (QED) is 0.818. The number of hydrogen-bond acceptors (Lipinski definition) is 5. The maximum atomic E-state index is 13.1. The first-order chi connectivity index (χ1) is 13.0. The van der Waals surface area contributed by atoms with E-state index in [0.29, 0.717) is 30.9 Å². The zero-order valence-corrected chi connectivity index (χ0v) is 15.0. The summed E-state index contributed by atoms with van der Waals surface area (Å²) in [4.78, 5) is 25.7. The Bertz CT molecular complexity index is 793. The first-order valence-corrected chi connectivity index (χ1v) is 8.63. The minimum atomic E-state index is -0.423. The van der Waals surface area contributed by atoms with Gasteiger partial charge in [0.1, 0.15) is 5.82 Å². The van der Waals surface area contributed by atoms with Gasteiger partial charge in [-0.15, -0.1) is 0 Å². The lowest BCUT2D eigenvalue weighted by atomic mass is 10.1. The summed E-state index contributed by atoms with van der Waals surface area (Å²) in [5, 5.41) is 2.81. The van der Waals surface area contributed by atoms with Crippen LogP contribution in [0.5, 0.6) is 0 Å². The highest BCUT2D eigenvalue weighted by molar-refractivity contribution is 5.94. The molecule has 1 N–H and O–H groups in total. The number of hydrogen-bond donors (Lipinski definition) is 1. The molecule has 6 nitrogen and oxygen atoms in total. The fourth-order valence-corrected chi connectivity index (χ4v) is 2.94. The number of ether oxygens (including phenoxy) is 2. The van der Waals surface area contributed by atoms with Crippen LogP contribution in [0.1, 0.15) is 22.0 Å². The summed E-state index contributed by atoms with van der Waals surface area (Å²) in [6.45, 7) is 1.93. The van der Waals surface area contributed by atoms with Gasteiger partial charge >= 0.3 is 5.97 Å². The Labute approximate surface area is 156 Å². The van der Waals surface area contributed by atoms with E-state index in [4.69, 9.17) is 4.74 Å². The lowest BCUT2D eigenvalue weighted by Crippen LogP contribution is -2.42. The fraction of sp³-hybridized carbons (Fsp3) is 0.300. The Balaban J connectivity index is 1.54. The third-order valence-electron chi connectivity index (χ3n) is 4.35. The van der Waals surface area contributed by atoms with Crippen molar-refractivity contribution in [2.24, 2.45) is 0 Å². The first kappa shape index (κ1) is 19.0. The maximum absolute atomic E-state index is 13.1. The van der Waals surface area contributed by atoms with Crippen molar-refractivity contribution in [3.05, 3.63) is 65.5 Å². The van der Waals surface area contributed by atoms with Gasteiger partial charge in [0, 0.05) is 18.8 Å². The molecule has 2 aromatic carbocycles. The number of carbonyl (C=O) groups excluding carboxylic acids is 2. The standard InChI is InChI=1S/C20H21FN2O4/c1-26-20(25)15-4-8-17(9-5-15)22-19(24)13-23-10-11-27-18(12-23)14-2-6-16(21)7-3-14/h2-9,18H,10-13H2,1H3,(H,22,24). The van der Waals surface area contributed by atoms with Gasteiger partial charge in [-0.05, 0) is 42.0 Å². The summed E-state index contributed by atoms with van der Waals surface area (Å²) in [7, 11) is 1.32. The summed E-state index contributed by atoms with van der Waals surface area (Å²) in [5.74, 6) is -0.863. The number of nitrogens with zero attached hydrogens (tertiary/aromatic N) is 1. The number of carbonyl (C=O) groups is 2. The van der Waals surface area contributed by atoms with Crippen LogP contribution in [0.3, 0.4) is 0 Å². The van der Waals surface area contributed by atoms with Crippen LogP contribution in [-0.4, -0.2) is 50.1 Å². The maximum Gasteiger partial charge on any atom is 0.337 e. The number of rotatable bonds is 5. The van der Waals surface area contributed by atoms with Crippen molar-refractivity contribution in [1.82, 2.24) is 4.90 Å². The summed E-state index contributed by atoms with van der Waals surface area (Å²) in [5.41, 5.74) is 1.92. The molecule has 142 valence electrons. The Hall–Kier alpha value is -2.77. The highest BCUT2D eigenvalue weighted by Gasteiger charge is 2.23. The lowest BCUT2D eigenvalue weighted by molar-refractivity contribution is -0.119. The van der Waals surface area contributed by atoms with E-state index >= 15 is 0 Å². The Morgan fingerprint density at radius 3 is 2.56 bits per heavy atom. The van der Waals surface area contributed by atoms with Gasteiger partial charge in [-0.2, -0.15) is 0 Å². The van der Waals surface area contributed by atoms with Gasteiger partial charge in [-0.25, -0.2) is 9.18 Å². The zero-order chi connectivity index (χ0) is 19.2. The van der Waals surface area contributed by atoms with Crippen molar-refractivity contribution in [2.75, 3.05) is 38.7 Å². The number of esters is 1. The Morgan fingerprint density at radius 1 is 1.19 bits per heavy atom. The molecule has 2 aromatic rings. The molecular weight excluding hydrogens is 351 g/mol. The topological polar surface area (TPSA) is 67.9 Å². The second-order valence-electron chi connectivity index (χ2n) is 6.26. The molecule has 1 aliphatic heterocycles. The Kier molecular flexibility index (Phi) is 6.16. The summed E-state index contributed by atoms with van der Waals surface area (Å²) in [6.07, 6.45) is -0.188. The van der Waals surface area contributed by atoms with Gasteiger partial charge in [0.2, 0.25) is 5.91 Å². The molecule has 1 fully saturated rings. The number of morpholine rings is 1. The molecule has 1 unspecified atom stereocenters. The van der Waals surface area contributed by atoms with Crippen LogP contribution in [-0.2, 0) is 14.3 Å². The van der Waals surface area contributed by atoms with E-state index in [1.165, 1.54) is 19.2 Å². The van der Waals surface area contributed by atoms with E-state index in [0.717, 1.165) is 5.56 Å². The van der Waals surface area contributed by atoms with E-state index in [-0.39, 0.29) is 24.4 Å². The molecular formula is C20H21FN2O4. The molecule has 1 aliphatic rings. The molecule has 1 amide bonds. The van der Waals surface area contributed by atoms with Gasteiger partial charge in [-0.3, -0.25) is 9.69 Å². The predicted octanol–water partition coefficient (Wildman–Crippen LogP) is 2.62. The predicted molar refractivity (Wildman–Crippen MR) is 97.9 cm³/mol. The monoisotopic (exact) mass is 372 g/mol. The average Bonchev–Trinajstić information content (AvgIpc) is 2.68. The highest BCUT2D eigenvalue weighted by atomic mass is 19.1. The molecule has 0 radical (unpaired) electrons. The molecule has 0 aromatic heterocycles. The Morgan fingerprint density at radius 2 is 1.89 bits per heavy atom. The smallest absolute Gasteiger partial charge is 0.337 e. The van der Waals surface area contributed by atoms with Crippen molar-refractivity contribution in [3.8, 4) is 0 Å². The van der Waals surface area contributed by atoms with Crippen molar-refractivity contribution in [1.29, 1.82) is 0 Å². The fourth-order valence-electron chi connectivity index (χ4n) is 2.94. The van der Waals surface area contributed by atoms with Crippen molar-refractivity contribution in [3.63, 3.8) is 0 Å². The van der Waals surface area contributed by atoms with Crippen molar-refractivity contribution < 1.29 is 23.5 Å². The number of anilines is 1. The normalized spacial score (nSPS) is 17.3. The van der Waals surface area contributed by atoms with Gasteiger partial charge < -0.3 is 14.8 Å². The zero-order valence-electron chi connectivity index (χ0n) is 15.0. The number of nitrogens with one attached hydrogen (secondary N) is 1. The minimum absolute atomic E-state index is 0.152. The average molecular weight is 372 g/mol. The largest absolute Gasteiger partial charge is 0.465 e. The van der Waals surface area contributed by atoms with Crippen LogP contribution in [0.25, 0.3) is 0 Å². The molecule has 7 heteroatoms. The summed E-state index contributed by atoms with van der Waals surface area (Å²) >= 11 is 0. The molecule has 1 heterocycles. The second kappa shape index (κ2) is 8.75. The summed E-state index contributed by atoms with van der Waals surface area (Å²) < 4.78 is 23.5. The number of methoxy groups -OCH3 is 1. The van der Waals surface area contributed by atoms with Crippen LogP contribution in [0.2, 0.25) is 0 Å². The molecule has 0 spiro atoms. The first-order valence-electron chi connectivity index (χ1n) is 8.63. The molecule has 0 aliphatic carbocycles. The number of benzene rings is 2. The minimum Gasteiger partial charge on any atom is -0.465 e. The van der Waals surface area contributed by atoms with E-state index in [9.17, 15) is 14.0 Å². The summed E-state index contributed by atoms with van der Waals surface area (Å²) in [6, 6.07) is 12.7. The van der Waals surface area contributed by atoms with Gasteiger partial charge in [0.05, 0.1) is 31.9 Å². The van der Waals surface area contributed by atoms with E-state index < -0.39 is 5.97 Å². The third kappa shape index (κ3) is 5.12. The van der Waals surface area contributed by atoms with Crippen molar-refractivity contribution in [2.45, 2.75) is 6.10 Å². The van der Waals surface area contributed by atoms with E-state index in [2.05, 4.69) is 10.1 Å². The van der Waals surface area contributed by atoms with Gasteiger partial charge in [0.15, 0.2) is 0 Å². The van der Waals surface area contributed by atoms with Crippen LogP contribution >= 0.6 is 0 Å². The molecule has 0 bridgehead atoms. The highest BCUT2D eigenvalue weighted by Crippen LogP contribution is 2.22. The molecule has 1 atom stereocenters.